The SMILES string of the molecule is CCCCC/C=C\C/C=C\C/C=C\C/C=C\CCCC(=O)OC[C@H](COP(=O)(O)OC1C(O)C(O)C(O)[C@@H](O)C1O)OC(=O)CCCCCCCCCCC/C=C\C/C=C\CCCCC. The summed E-state index contributed by atoms with van der Waals surface area (Å²) in [6, 6.07) is 0. The quantitative estimate of drug-likeness (QED) is 0.0146. The predicted molar refractivity (Wildman–Crippen MR) is 258 cm³/mol. The fourth-order valence-electron chi connectivity index (χ4n) is 7.02. The van der Waals surface area contributed by atoms with Crippen LogP contribution in [0.4, 0.5) is 0 Å². The van der Waals surface area contributed by atoms with Crippen molar-refractivity contribution in [3.05, 3.63) is 72.9 Å². The lowest BCUT2D eigenvalue weighted by atomic mass is 9.85. The highest BCUT2D eigenvalue weighted by Gasteiger charge is 2.51. The van der Waals surface area contributed by atoms with Gasteiger partial charge in [-0.1, -0.05) is 157 Å². The lowest BCUT2D eigenvalue weighted by Crippen LogP contribution is -2.64. The summed E-state index contributed by atoms with van der Waals surface area (Å²) < 4.78 is 33.5. The minimum atomic E-state index is -5.14. The van der Waals surface area contributed by atoms with Gasteiger partial charge in [0.25, 0.3) is 0 Å². The number of aliphatic hydroxyl groups excluding tert-OH is 5. The maximum atomic E-state index is 12.8. The Labute approximate surface area is 391 Å². The van der Waals surface area contributed by atoms with Gasteiger partial charge in [0, 0.05) is 12.8 Å². The van der Waals surface area contributed by atoms with Crippen molar-refractivity contribution in [3.8, 4) is 0 Å². The third-order valence-electron chi connectivity index (χ3n) is 11.0. The van der Waals surface area contributed by atoms with Gasteiger partial charge in [-0.2, -0.15) is 0 Å². The Balaban J connectivity index is 2.47. The summed E-state index contributed by atoms with van der Waals surface area (Å²) >= 11 is 0. The van der Waals surface area contributed by atoms with Gasteiger partial charge < -0.3 is 39.9 Å². The molecule has 0 radical (unpaired) electrons. The molecule has 8 atom stereocenters. The summed E-state index contributed by atoms with van der Waals surface area (Å²) in [7, 11) is -5.14. The van der Waals surface area contributed by atoms with Crippen molar-refractivity contribution in [2.45, 2.75) is 224 Å². The van der Waals surface area contributed by atoms with Gasteiger partial charge in [0.2, 0.25) is 0 Å². The minimum Gasteiger partial charge on any atom is -0.462 e. The van der Waals surface area contributed by atoms with Crippen LogP contribution >= 0.6 is 7.82 Å². The fraction of sp³-hybridized carbons (Fsp3) is 0.725. The zero-order valence-electron chi connectivity index (χ0n) is 39.8. The number of allylic oxidation sites excluding steroid dienone is 12. The molecule has 0 heterocycles. The highest BCUT2D eigenvalue weighted by molar-refractivity contribution is 7.47. The van der Waals surface area contributed by atoms with Crippen LogP contribution in [-0.2, 0) is 32.7 Å². The van der Waals surface area contributed by atoms with Crippen molar-refractivity contribution >= 4 is 19.8 Å². The Bertz CT molecular complexity index is 1410. The van der Waals surface area contributed by atoms with Crippen molar-refractivity contribution in [2.24, 2.45) is 0 Å². The number of esters is 2. The fourth-order valence-corrected chi connectivity index (χ4v) is 7.99. The maximum absolute atomic E-state index is 12.8. The highest BCUT2D eigenvalue weighted by Crippen LogP contribution is 2.47. The maximum Gasteiger partial charge on any atom is 0.472 e. The molecular formula is C51H87O13P. The number of hydrogen-bond donors (Lipinski definition) is 6. The van der Waals surface area contributed by atoms with Crippen LogP contribution in [0, 0.1) is 0 Å². The summed E-state index contributed by atoms with van der Waals surface area (Å²) in [6.45, 7) is 3.20. The molecule has 0 aromatic heterocycles. The minimum absolute atomic E-state index is 0.0769. The summed E-state index contributed by atoms with van der Waals surface area (Å²) in [6.07, 6.45) is 38.1. The summed E-state index contributed by atoms with van der Waals surface area (Å²) in [5.41, 5.74) is 0. The zero-order valence-corrected chi connectivity index (χ0v) is 40.7. The first kappa shape index (κ1) is 60.3. The Morgan fingerprint density at radius 3 is 1.31 bits per heavy atom. The molecular weight excluding hydrogens is 852 g/mol. The van der Waals surface area contributed by atoms with Gasteiger partial charge in [-0.15, -0.1) is 0 Å². The van der Waals surface area contributed by atoms with Crippen molar-refractivity contribution in [3.63, 3.8) is 0 Å². The molecule has 1 aliphatic carbocycles. The van der Waals surface area contributed by atoms with Crippen molar-refractivity contribution in [1.82, 2.24) is 0 Å². The van der Waals surface area contributed by atoms with Crippen LogP contribution in [-0.4, -0.2) is 98.3 Å². The molecule has 0 aromatic rings. The molecule has 65 heavy (non-hydrogen) atoms. The average molecular weight is 939 g/mol. The molecule has 13 nitrogen and oxygen atoms in total. The van der Waals surface area contributed by atoms with Crippen LogP contribution in [0.2, 0.25) is 0 Å². The van der Waals surface area contributed by atoms with Crippen molar-refractivity contribution in [1.29, 1.82) is 0 Å². The Morgan fingerprint density at radius 1 is 0.477 bits per heavy atom. The van der Waals surface area contributed by atoms with Crippen LogP contribution in [0.5, 0.6) is 0 Å². The van der Waals surface area contributed by atoms with Gasteiger partial charge in [-0.05, 0) is 83.5 Å². The Morgan fingerprint density at radius 2 is 0.846 bits per heavy atom. The standard InChI is InChI=1S/C51H87O13P/c1-3-5-7-9-11-13-15-17-19-21-22-24-26-28-30-32-34-36-38-40-45(53)63-43(42-62-65(59,60)64-51-49(57)47(55)46(54)48(56)50(51)58)41-61-44(52)39-37-35-33-31-29-27-25-23-20-18-16-14-12-10-8-6-4-2/h11-14,17-20,25,27,31,33,43,46-51,54-58H,3-10,15-16,21-24,26,28-30,32,34-42H2,1-2H3,(H,59,60)/b13-11-,14-12-,19-17-,20-18-,27-25-,33-31-/t43-,46?,47-,48?,49?,50?,51?/m1/s1. The van der Waals surface area contributed by atoms with Crippen LogP contribution in [0.3, 0.4) is 0 Å². The van der Waals surface area contributed by atoms with E-state index in [1.807, 2.05) is 12.2 Å². The topological polar surface area (TPSA) is 210 Å². The number of carbonyl (C=O) groups excluding carboxylic acids is 2. The lowest BCUT2D eigenvalue weighted by Gasteiger charge is -2.41. The smallest absolute Gasteiger partial charge is 0.462 e. The summed E-state index contributed by atoms with van der Waals surface area (Å²) in [5.74, 6) is -1.17. The number of phosphoric ester groups is 1. The molecule has 0 amide bonds. The second kappa shape index (κ2) is 40.4. The van der Waals surface area contributed by atoms with E-state index in [-0.39, 0.29) is 12.8 Å². The van der Waals surface area contributed by atoms with Crippen LogP contribution in [0.1, 0.15) is 181 Å². The third kappa shape index (κ3) is 32.6. The van der Waals surface area contributed by atoms with E-state index in [0.717, 1.165) is 64.2 Å². The number of carbonyl (C=O) groups is 2. The molecule has 1 fully saturated rings. The molecule has 0 bridgehead atoms. The number of rotatable bonds is 40. The highest BCUT2D eigenvalue weighted by atomic mass is 31.2. The molecule has 0 aromatic carbocycles. The van der Waals surface area contributed by atoms with E-state index >= 15 is 0 Å². The van der Waals surface area contributed by atoms with Gasteiger partial charge in [0.05, 0.1) is 6.61 Å². The molecule has 1 saturated carbocycles. The first-order chi connectivity index (χ1) is 31.4. The van der Waals surface area contributed by atoms with Crippen LogP contribution < -0.4 is 0 Å². The first-order valence-electron chi connectivity index (χ1n) is 24.7. The van der Waals surface area contributed by atoms with Gasteiger partial charge in [-0.25, -0.2) is 4.57 Å². The van der Waals surface area contributed by atoms with Gasteiger partial charge in [0.15, 0.2) is 6.10 Å². The van der Waals surface area contributed by atoms with E-state index in [0.29, 0.717) is 19.3 Å². The molecule has 0 saturated heterocycles. The Hall–Kier alpha value is -2.71. The number of ether oxygens (including phenoxy) is 2. The lowest BCUT2D eigenvalue weighted by molar-refractivity contribution is -0.220. The Kier molecular flexibility index (Phi) is 37.5. The van der Waals surface area contributed by atoms with E-state index in [1.165, 1.54) is 70.6 Å². The largest absolute Gasteiger partial charge is 0.472 e. The monoisotopic (exact) mass is 939 g/mol. The van der Waals surface area contributed by atoms with Crippen molar-refractivity contribution < 1.29 is 63.1 Å². The number of phosphoric acid groups is 1. The van der Waals surface area contributed by atoms with Gasteiger partial charge >= 0.3 is 19.8 Å². The van der Waals surface area contributed by atoms with Gasteiger partial charge in [-0.3, -0.25) is 18.6 Å². The number of unbranched alkanes of at least 4 members (excludes halogenated alkanes) is 16. The second-order valence-corrected chi connectivity index (χ2v) is 18.4. The second-order valence-electron chi connectivity index (χ2n) is 17.0. The third-order valence-corrected chi connectivity index (χ3v) is 12.0. The van der Waals surface area contributed by atoms with Crippen LogP contribution in [0.25, 0.3) is 0 Å². The summed E-state index contributed by atoms with van der Waals surface area (Å²) in [4.78, 5) is 35.8. The average Bonchev–Trinajstić information content (AvgIpc) is 3.29. The van der Waals surface area contributed by atoms with E-state index in [4.69, 9.17) is 18.5 Å². The molecule has 0 spiro atoms. The van der Waals surface area contributed by atoms with E-state index in [1.54, 1.807) is 0 Å². The van der Waals surface area contributed by atoms with E-state index in [2.05, 4.69) is 74.6 Å². The molecule has 6 N–H and O–H groups in total. The van der Waals surface area contributed by atoms with Gasteiger partial charge in [0.1, 0.15) is 43.2 Å². The van der Waals surface area contributed by atoms with E-state index in [9.17, 15) is 44.6 Å². The molecule has 1 rings (SSSR count). The molecule has 14 heteroatoms. The first-order valence-corrected chi connectivity index (χ1v) is 26.2. The van der Waals surface area contributed by atoms with E-state index < -0.39 is 75.7 Å². The number of aliphatic hydroxyl groups is 5. The zero-order chi connectivity index (χ0) is 47.8. The molecule has 6 unspecified atom stereocenters. The molecule has 374 valence electrons. The molecule has 0 aliphatic heterocycles. The van der Waals surface area contributed by atoms with Crippen molar-refractivity contribution in [2.75, 3.05) is 13.2 Å². The normalized spacial score (nSPS) is 22.0. The van der Waals surface area contributed by atoms with Crippen LogP contribution in [0.15, 0.2) is 72.9 Å². The molecule has 1 aliphatic rings. The summed E-state index contributed by atoms with van der Waals surface area (Å²) in [5, 5.41) is 50.2. The predicted octanol–water partition coefficient (Wildman–Crippen LogP) is 10.3. The number of hydrogen-bond acceptors (Lipinski definition) is 12.